The second kappa shape index (κ2) is 9.04. The predicted octanol–water partition coefficient (Wildman–Crippen LogP) is 5.37. The molecule has 0 spiro atoms. The van der Waals surface area contributed by atoms with Crippen molar-refractivity contribution in [1.82, 2.24) is 0 Å². The monoisotopic (exact) mass is 354 g/mol. The molecule has 0 unspecified atom stereocenters. The van der Waals surface area contributed by atoms with E-state index in [4.69, 9.17) is 34.8 Å². The van der Waals surface area contributed by atoms with E-state index in [1.165, 1.54) is 0 Å². The smallest absolute Gasteiger partial charge is 0.0644 e. The molecule has 2 aromatic carbocycles. The lowest BCUT2D eigenvalue weighted by molar-refractivity contribution is 0.874. The van der Waals surface area contributed by atoms with Crippen LogP contribution in [0.4, 0.5) is 11.4 Å². The Kier molecular flexibility index (Phi) is 7.04. The number of halogens is 3. The van der Waals surface area contributed by atoms with Gasteiger partial charge in [0, 0.05) is 41.8 Å². The number of nitrogens with zero attached hydrogens (tertiary/aromatic N) is 2. The van der Waals surface area contributed by atoms with Crippen LogP contribution in [0.3, 0.4) is 0 Å². The van der Waals surface area contributed by atoms with Gasteiger partial charge in [-0.2, -0.15) is 0 Å². The number of hydrogen-bond donors (Lipinski definition) is 0. The van der Waals surface area contributed by atoms with E-state index in [1.54, 1.807) is 0 Å². The normalized spacial score (nSPS) is 11.0. The van der Waals surface area contributed by atoms with Crippen molar-refractivity contribution in [1.29, 1.82) is 0 Å². The number of alkyl halides is 2. The van der Waals surface area contributed by atoms with E-state index in [0.29, 0.717) is 16.8 Å². The van der Waals surface area contributed by atoms with Crippen LogP contribution in [0, 0.1) is 0 Å². The third kappa shape index (κ3) is 5.20. The SMILES string of the molecule is ClCCN(CCCl)c1ccc(C=Nc2cccc(Cl)c2)cc1. The molecule has 0 heterocycles. The van der Waals surface area contributed by atoms with Crippen LogP contribution in [0.2, 0.25) is 5.02 Å². The summed E-state index contributed by atoms with van der Waals surface area (Å²) in [5.41, 5.74) is 2.98. The van der Waals surface area contributed by atoms with Gasteiger partial charge in [0.15, 0.2) is 0 Å². The molecule has 0 fully saturated rings. The first kappa shape index (κ1) is 17.1. The van der Waals surface area contributed by atoms with E-state index in [-0.39, 0.29) is 0 Å². The lowest BCUT2D eigenvalue weighted by Gasteiger charge is -2.22. The Hall–Kier alpha value is -1.22. The summed E-state index contributed by atoms with van der Waals surface area (Å²) in [5.74, 6) is 1.16. The van der Waals surface area contributed by atoms with Gasteiger partial charge in [-0.1, -0.05) is 29.8 Å². The van der Waals surface area contributed by atoms with Gasteiger partial charge in [-0.05, 0) is 35.9 Å². The van der Waals surface area contributed by atoms with Crippen LogP contribution in [0.15, 0.2) is 53.5 Å². The molecule has 0 aliphatic carbocycles. The largest absolute Gasteiger partial charge is 0.369 e. The molecule has 0 aromatic heterocycles. The molecule has 2 aromatic rings. The van der Waals surface area contributed by atoms with E-state index in [9.17, 15) is 0 Å². The summed E-state index contributed by atoms with van der Waals surface area (Å²) in [4.78, 5) is 6.58. The minimum atomic E-state index is 0.578. The summed E-state index contributed by atoms with van der Waals surface area (Å²) in [6.45, 7) is 1.56. The topological polar surface area (TPSA) is 15.6 Å². The van der Waals surface area contributed by atoms with Crippen LogP contribution < -0.4 is 4.90 Å². The number of anilines is 1. The molecule has 2 rings (SSSR count). The standard InChI is InChI=1S/C17H17Cl3N2/c18-8-10-22(11-9-19)17-6-4-14(5-7-17)13-21-16-3-1-2-15(20)12-16/h1-7,12-13H,8-11H2. The van der Waals surface area contributed by atoms with E-state index < -0.39 is 0 Å². The van der Waals surface area contributed by atoms with Crippen LogP contribution in [0.1, 0.15) is 5.56 Å². The van der Waals surface area contributed by atoms with Gasteiger partial charge in [0.05, 0.1) is 5.69 Å². The first-order valence-corrected chi connectivity index (χ1v) is 8.44. The number of hydrogen-bond acceptors (Lipinski definition) is 2. The molecule has 0 aliphatic rings. The van der Waals surface area contributed by atoms with Crippen LogP contribution in [0.25, 0.3) is 0 Å². The average molecular weight is 356 g/mol. The van der Waals surface area contributed by atoms with Gasteiger partial charge >= 0.3 is 0 Å². The summed E-state index contributed by atoms with van der Waals surface area (Å²) in [6, 6.07) is 15.6. The highest BCUT2D eigenvalue weighted by atomic mass is 35.5. The molecule has 0 bridgehead atoms. The molecule has 22 heavy (non-hydrogen) atoms. The second-order valence-electron chi connectivity index (χ2n) is 4.69. The summed E-state index contributed by atoms with van der Waals surface area (Å²) in [7, 11) is 0. The molecule has 0 N–H and O–H groups in total. The second-order valence-corrected chi connectivity index (χ2v) is 5.89. The Labute approximate surface area is 146 Å². The Morgan fingerprint density at radius 2 is 1.64 bits per heavy atom. The Bertz CT molecular complexity index is 606. The molecule has 0 radical (unpaired) electrons. The molecule has 0 saturated heterocycles. The lowest BCUT2D eigenvalue weighted by Crippen LogP contribution is -2.27. The minimum absolute atomic E-state index is 0.578. The van der Waals surface area contributed by atoms with Crippen LogP contribution in [-0.4, -0.2) is 31.1 Å². The van der Waals surface area contributed by atoms with E-state index in [1.807, 2.05) is 42.6 Å². The summed E-state index contributed by atoms with van der Waals surface area (Å²) < 4.78 is 0. The van der Waals surface area contributed by atoms with Gasteiger partial charge in [0.25, 0.3) is 0 Å². The van der Waals surface area contributed by atoms with Crippen molar-refractivity contribution in [3.05, 3.63) is 59.1 Å². The summed E-state index contributed by atoms with van der Waals surface area (Å²) in [5, 5.41) is 0.683. The lowest BCUT2D eigenvalue weighted by atomic mass is 10.2. The van der Waals surface area contributed by atoms with Gasteiger partial charge in [0.1, 0.15) is 0 Å². The fourth-order valence-corrected chi connectivity index (χ4v) is 2.64. The molecular formula is C17H17Cl3N2. The number of aliphatic imine (C=N–C) groups is 1. The van der Waals surface area contributed by atoms with Gasteiger partial charge in [-0.15, -0.1) is 23.2 Å². The minimum Gasteiger partial charge on any atom is -0.369 e. The Morgan fingerprint density at radius 3 is 2.23 bits per heavy atom. The van der Waals surface area contributed by atoms with Crippen molar-refractivity contribution in [3.8, 4) is 0 Å². The van der Waals surface area contributed by atoms with Gasteiger partial charge in [-0.25, -0.2) is 0 Å². The van der Waals surface area contributed by atoms with Crippen LogP contribution in [-0.2, 0) is 0 Å². The maximum atomic E-state index is 5.94. The van der Waals surface area contributed by atoms with Gasteiger partial charge < -0.3 is 4.90 Å². The summed E-state index contributed by atoms with van der Waals surface area (Å²) in [6.07, 6.45) is 1.82. The fourth-order valence-electron chi connectivity index (χ4n) is 2.05. The summed E-state index contributed by atoms with van der Waals surface area (Å²) >= 11 is 17.6. The molecular weight excluding hydrogens is 339 g/mol. The average Bonchev–Trinajstić information content (AvgIpc) is 2.53. The molecule has 0 amide bonds. The third-order valence-corrected chi connectivity index (χ3v) is 3.71. The van der Waals surface area contributed by atoms with E-state index >= 15 is 0 Å². The highest BCUT2D eigenvalue weighted by molar-refractivity contribution is 6.30. The highest BCUT2D eigenvalue weighted by Crippen LogP contribution is 2.19. The van der Waals surface area contributed by atoms with E-state index in [2.05, 4.69) is 22.0 Å². The maximum Gasteiger partial charge on any atom is 0.0644 e. The zero-order valence-electron chi connectivity index (χ0n) is 12.1. The van der Waals surface area contributed by atoms with Crippen LogP contribution in [0.5, 0.6) is 0 Å². The van der Waals surface area contributed by atoms with Gasteiger partial charge in [0.2, 0.25) is 0 Å². The Balaban J connectivity index is 2.08. The first-order chi connectivity index (χ1) is 10.7. The number of rotatable bonds is 7. The predicted molar refractivity (Wildman–Crippen MR) is 98.8 cm³/mol. The quantitative estimate of drug-likeness (QED) is 0.481. The molecule has 116 valence electrons. The molecule has 2 nitrogen and oxygen atoms in total. The molecule has 0 saturated carbocycles. The fraction of sp³-hybridized carbons (Fsp3) is 0.235. The zero-order valence-corrected chi connectivity index (χ0v) is 14.3. The van der Waals surface area contributed by atoms with Gasteiger partial charge in [-0.3, -0.25) is 4.99 Å². The van der Waals surface area contributed by atoms with Crippen LogP contribution >= 0.6 is 34.8 Å². The molecule has 0 aliphatic heterocycles. The number of benzene rings is 2. The Morgan fingerprint density at radius 1 is 0.955 bits per heavy atom. The first-order valence-electron chi connectivity index (χ1n) is 6.99. The third-order valence-electron chi connectivity index (χ3n) is 3.14. The zero-order chi connectivity index (χ0) is 15.8. The molecule has 0 atom stereocenters. The van der Waals surface area contributed by atoms with Crippen molar-refractivity contribution < 1.29 is 0 Å². The highest BCUT2D eigenvalue weighted by Gasteiger charge is 2.04. The van der Waals surface area contributed by atoms with Crippen molar-refractivity contribution in [2.75, 3.05) is 29.7 Å². The molecule has 5 heteroatoms. The van der Waals surface area contributed by atoms with Crippen molar-refractivity contribution in [3.63, 3.8) is 0 Å². The van der Waals surface area contributed by atoms with Crippen molar-refractivity contribution in [2.24, 2.45) is 4.99 Å². The van der Waals surface area contributed by atoms with Crippen molar-refractivity contribution >= 4 is 52.4 Å². The van der Waals surface area contributed by atoms with Crippen molar-refractivity contribution in [2.45, 2.75) is 0 Å². The van der Waals surface area contributed by atoms with E-state index in [0.717, 1.165) is 30.0 Å². The maximum absolute atomic E-state index is 5.94.